The summed E-state index contributed by atoms with van der Waals surface area (Å²) in [7, 11) is 1.53. The van der Waals surface area contributed by atoms with Gasteiger partial charge in [-0.15, -0.1) is 11.3 Å². The molecule has 0 aliphatic heterocycles. The first-order valence-corrected chi connectivity index (χ1v) is 8.76. The average molecular weight is 367 g/mol. The van der Waals surface area contributed by atoms with Gasteiger partial charge in [-0.2, -0.15) is 0 Å². The molecule has 0 amide bonds. The van der Waals surface area contributed by atoms with E-state index in [1.54, 1.807) is 24.3 Å². The van der Waals surface area contributed by atoms with Crippen LogP contribution in [0.15, 0.2) is 48.5 Å². The molecule has 0 aliphatic rings. The van der Waals surface area contributed by atoms with Gasteiger partial charge in [-0.05, 0) is 43.3 Å². The van der Waals surface area contributed by atoms with Crippen LogP contribution < -0.4 is 4.74 Å². The molecule has 0 aliphatic carbocycles. The highest BCUT2D eigenvalue weighted by Crippen LogP contribution is 2.23. The van der Waals surface area contributed by atoms with Crippen LogP contribution in [0.25, 0.3) is 16.3 Å². The van der Waals surface area contributed by atoms with Crippen molar-refractivity contribution in [1.29, 1.82) is 0 Å². The Balaban J connectivity index is 1.66. The van der Waals surface area contributed by atoms with Gasteiger partial charge in [-0.3, -0.25) is 4.79 Å². The predicted molar refractivity (Wildman–Crippen MR) is 101 cm³/mol. The normalized spacial score (nSPS) is 11.0. The van der Waals surface area contributed by atoms with Gasteiger partial charge in [-0.1, -0.05) is 12.1 Å². The van der Waals surface area contributed by atoms with Gasteiger partial charge < -0.3 is 9.47 Å². The summed E-state index contributed by atoms with van der Waals surface area (Å²) in [6.07, 6.45) is 2.98. The summed E-state index contributed by atoms with van der Waals surface area (Å²) in [6.45, 7) is 1.51. The van der Waals surface area contributed by atoms with Crippen LogP contribution in [0.4, 0.5) is 0 Å². The van der Waals surface area contributed by atoms with E-state index >= 15 is 0 Å². The number of fused-ring (bicyclic) bond motifs is 1. The molecule has 6 heteroatoms. The molecule has 26 heavy (non-hydrogen) atoms. The maximum atomic E-state index is 12.0. The van der Waals surface area contributed by atoms with Crippen LogP contribution in [0, 0.1) is 0 Å². The van der Waals surface area contributed by atoms with Crippen molar-refractivity contribution in [2.24, 2.45) is 0 Å². The molecule has 3 rings (SSSR count). The molecule has 0 bridgehead atoms. The number of hydrogen-bond donors (Lipinski definition) is 0. The lowest BCUT2D eigenvalue weighted by Crippen LogP contribution is -2.04. The van der Waals surface area contributed by atoms with Gasteiger partial charge in [0.1, 0.15) is 17.4 Å². The highest BCUT2D eigenvalue weighted by atomic mass is 32.1. The molecule has 1 aromatic heterocycles. The smallest absolute Gasteiger partial charge is 0.331 e. The fraction of sp³-hybridized carbons (Fsp3) is 0.150. The molecule has 0 saturated heterocycles. The molecule has 0 spiro atoms. The summed E-state index contributed by atoms with van der Waals surface area (Å²) >= 11 is 1.50. The zero-order chi connectivity index (χ0) is 18.5. The van der Waals surface area contributed by atoms with Gasteiger partial charge in [0, 0.05) is 17.2 Å². The number of hydrogen-bond acceptors (Lipinski definition) is 6. The number of benzene rings is 2. The summed E-state index contributed by atoms with van der Waals surface area (Å²) in [4.78, 5) is 27.9. The summed E-state index contributed by atoms with van der Waals surface area (Å²) in [5, 5.41) is 0.735. The van der Waals surface area contributed by atoms with E-state index in [-0.39, 0.29) is 12.4 Å². The fourth-order valence-electron chi connectivity index (χ4n) is 2.41. The average Bonchev–Trinajstić information content (AvgIpc) is 3.07. The Hall–Kier alpha value is -2.99. The molecule has 3 aromatic rings. The molecule has 0 saturated carbocycles. The largest absolute Gasteiger partial charge is 0.496 e. The van der Waals surface area contributed by atoms with Gasteiger partial charge in [0.05, 0.1) is 17.3 Å². The number of methoxy groups -OCH3 is 1. The molecule has 5 nitrogen and oxygen atoms in total. The second-order valence-electron chi connectivity index (χ2n) is 5.54. The standard InChI is InChI=1S/C20H17NO4S/c1-13(22)14-7-8-17(24-2)15(11-14)12-25-20(23)10-9-19-21-16-5-3-4-6-18(16)26-19/h3-11H,12H2,1-2H3/b10-9+. The topological polar surface area (TPSA) is 65.5 Å². The number of thiazole rings is 1. The lowest BCUT2D eigenvalue weighted by Gasteiger charge is -2.09. The quantitative estimate of drug-likeness (QED) is 0.370. The second-order valence-corrected chi connectivity index (χ2v) is 6.61. The SMILES string of the molecule is COc1ccc(C(C)=O)cc1COC(=O)/C=C/c1nc2ccccc2s1. The molecule has 0 N–H and O–H groups in total. The molecular weight excluding hydrogens is 350 g/mol. The number of esters is 1. The number of rotatable bonds is 6. The Morgan fingerprint density at radius 2 is 2.00 bits per heavy atom. The van der Waals surface area contributed by atoms with E-state index in [0.29, 0.717) is 16.9 Å². The molecule has 0 fully saturated rings. The monoisotopic (exact) mass is 367 g/mol. The van der Waals surface area contributed by atoms with Crippen molar-refractivity contribution in [1.82, 2.24) is 4.98 Å². The number of para-hydroxylation sites is 1. The molecule has 0 unspecified atom stereocenters. The van der Waals surface area contributed by atoms with Crippen molar-refractivity contribution < 1.29 is 19.1 Å². The highest BCUT2D eigenvalue weighted by Gasteiger charge is 2.09. The van der Waals surface area contributed by atoms with Crippen LogP contribution in [0.3, 0.4) is 0 Å². The van der Waals surface area contributed by atoms with Crippen LogP contribution in [0.2, 0.25) is 0 Å². The van der Waals surface area contributed by atoms with E-state index in [1.165, 1.54) is 31.4 Å². The summed E-state index contributed by atoms with van der Waals surface area (Å²) < 4.78 is 11.6. The van der Waals surface area contributed by atoms with E-state index in [9.17, 15) is 9.59 Å². The Labute approximate surface area is 154 Å². The summed E-state index contributed by atoms with van der Waals surface area (Å²) in [5.74, 6) is 0.0217. The number of nitrogens with zero attached hydrogens (tertiary/aromatic N) is 1. The predicted octanol–water partition coefficient (Wildman–Crippen LogP) is 4.26. The molecule has 0 atom stereocenters. The maximum absolute atomic E-state index is 12.0. The van der Waals surface area contributed by atoms with Crippen molar-refractivity contribution in [2.75, 3.05) is 7.11 Å². The molecule has 1 heterocycles. The molecule has 132 valence electrons. The van der Waals surface area contributed by atoms with Crippen LogP contribution in [-0.2, 0) is 16.1 Å². The third kappa shape index (κ3) is 4.15. The van der Waals surface area contributed by atoms with Crippen molar-refractivity contribution in [3.8, 4) is 5.75 Å². The fourth-order valence-corrected chi connectivity index (χ4v) is 3.28. The van der Waals surface area contributed by atoms with Gasteiger partial charge in [0.2, 0.25) is 0 Å². The van der Waals surface area contributed by atoms with E-state index in [1.807, 2.05) is 24.3 Å². The molecule has 0 radical (unpaired) electrons. The minimum Gasteiger partial charge on any atom is -0.496 e. The van der Waals surface area contributed by atoms with Crippen molar-refractivity contribution in [3.05, 3.63) is 64.7 Å². The maximum Gasteiger partial charge on any atom is 0.331 e. The van der Waals surface area contributed by atoms with Crippen LogP contribution in [0.5, 0.6) is 5.75 Å². The zero-order valence-corrected chi connectivity index (χ0v) is 15.2. The van der Waals surface area contributed by atoms with Crippen molar-refractivity contribution in [2.45, 2.75) is 13.5 Å². The van der Waals surface area contributed by atoms with Crippen LogP contribution in [-0.4, -0.2) is 23.8 Å². The Kier molecular flexibility index (Phi) is 5.43. The summed E-state index contributed by atoms with van der Waals surface area (Å²) in [6, 6.07) is 12.8. The third-order valence-corrected chi connectivity index (χ3v) is 4.73. The Bertz CT molecular complexity index is 957. The van der Waals surface area contributed by atoms with E-state index < -0.39 is 5.97 Å². The van der Waals surface area contributed by atoms with E-state index in [0.717, 1.165) is 15.2 Å². The number of ether oxygens (including phenoxy) is 2. The lowest BCUT2D eigenvalue weighted by atomic mass is 10.1. The van der Waals surface area contributed by atoms with E-state index in [4.69, 9.17) is 9.47 Å². The minimum atomic E-state index is -0.487. The van der Waals surface area contributed by atoms with Crippen LogP contribution in [0.1, 0.15) is 27.9 Å². The van der Waals surface area contributed by atoms with Crippen molar-refractivity contribution >= 4 is 39.4 Å². The highest BCUT2D eigenvalue weighted by molar-refractivity contribution is 7.19. The van der Waals surface area contributed by atoms with Gasteiger partial charge in [0.25, 0.3) is 0 Å². The first-order chi connectivity index (χ1) is 12.6. The second kappa shape index (κ2) is 7.93. The number of Topliss-reactive ketones (excluding diaryl/α,β-unsaturated/α-hetero) is 1. The molecular formula is C20H17NO4S. The van der Waals surface area contributed by atoms with E-state index in [2.05, 4.69) is 4.98 Å². The van der Waals surface area contributed by atoms with Crippen molar-refractivity contribution in [3.63, 3.8) is 0 Å². The number of ketones is 1. The number of carbonyl (C=O) groups excluding carboxylic acids is 2. The van der Waals surface area contributed by atoms with Gasteiger partial charge in [-0.25, -0.2) is 9.78 Å². The first kappa shape index (κ1) is 17.8. The summed E-state index contributed by atoms with van der Waals surface area (Å²) in [5.41, 5.74) is 2.08. The molecule has 2 aromatic carbocycles. The lowest BCUT2D eigenvalue weighted by molar-refractivity contribution is -0.138. The minimum absolute atomic E-state index is 0.0211. The zero-order valence-electron chi connectivity index (χ0n) is 14.4. The number of carbonyl (C=O) groups is 2. The van der Waals surface area contributed by atoms with Crippen LogP contribution >= 0.6 is 11.3 Å². The van der Waals surface area contributed by atoms with Gasteiger partial charge >= 0.3 is 5.97 Å². The Morgan fingerprint density at radius 1 is 1.19 bits per heavy atom. The van der Waals surface area contributed by atoms with Gasteiger partial charge in [0.15, 0.2) is 5.78 Å². The first-order valence-electron chi connectivity index (χ1n) is 7.95. The third-order valence-electron chi connectivity index (χ3n) is 3.73. The Morgan fingerprint density at radius 3 is 2.73 bits per heavy atom. The number of aromatic nitrogens is 1.